The molecule has 0 atom stereocenters. The van der Waals surface area contributed by atoms with E-state index in [1.54, 1.807) is 14.0 Å². The number of nitrogens with zero attached hydrogens (tertiary/aromatic N) is 1. The number of aromatic nitrogens is 1. The van der Waals surface area contributed by atoms with Crippen molar-refractivity contribution >= 4 is 12.0 Å². The van der Waals surface area contributed by atoms with E-state index < -0.39 is 5.97 Å². The van der Waals surface area contributed by atoms with Gasteiger partial charge < -0.3 is 19.2 Å². The lowest BCUT2D eigenvalue weighted by atomic mass is 10.2. The second kappa shape index (κ2) is 6.60. The van der Waals surface area contributed by atoms with Gasteiger partial charge in [-0.05, 0) is 24.6 Å². The third kappa shape index (κ3) is 3.50. The van der Waals surface area contributed by atoms with Crippen LogP contribution in [0.2, 0.25) is 0 Å². The standard InChI is InChI=1S/C14H16N2O4/c1-3-19-13(17)12-9-20-14(16-12)15-8-10-4-6-11(18-2)7-5-10/h4-7,9H,3,8H2,1-2H3,(H,15,16). The molecule has 1 aromatic carbocycles. The third-order valence-electron chi connectivity index (χ3n) is 2.59. The van der Waals surface area contributed by atoms with Crippen molar-refractivity contribution in [1.29, 1.82) is 0 Å². The van der Waals surface area contributed by atoms with Crippen molar-refractivity contribution in [2.24, 2.45) is 0 Å². The van der Waals surface area contributed by atoms with E-state index >= 15 is 0 Å². The molecule has 1 N–H and O–H groups in total. The van der Waals surface area contributed by atoms with Crippen LogP contribution in [0.5, 0.6) is 5.75 Å². The number of oxazole rings is 1. The predicted octanol–water partition coefficient (Wildman–Crippen LogP) is 2.47. The molecule has 2 rings (SSSR count). The van der Waals surface area contributed by atoms with E-state index in [4.69, 9.17) is 13.9 Å². The Balaban J connectivity index is 1.91. The monoisotopic (exact) mass is 276 g/mol. The molecule has 0 radical (unpaired) electrons. The first-order valence-corrected chi connectivity index (χ1v) is 6.22. The van der Waals surface area contributed by atoms with Crippen LogP contribution in [0.3, 0.4) is 0 Å². The van der Waals surface area contributed by atoms with Crippen molar-refractivity contribution in [2.75, 3.05) is 19.0 Å². The minimum absolute atomic E-state index is 0.157. The molecule has 1 aromatic heterocycles. The molecule has 0 fully saturated rings. The topological polar surface area (TPSA) is 73.6 Å². The molecular formula is C14H16N2O4. The van der Waals surface area contributed by atoms with Crippen LogP contribution in [-0.4, -0.2) is 24.7 Å². The first-order valence-electron chi connectivity index (χ1n) is 6.22. The normalized spacial score (nSPS) is 10.1. The van der Waals surface area contributed by atoms with Crippen LogP contribution >= 0.6 is 0 Å². The van der Waals surface area contributed by atoms with Crippen molar-refractivity contribution < 1.29 is 18.7 Å². The molecule has 0 saturated carbocycles. The van der Waals surface area contributed by atoms with Gasteiger partial charge in [0.2, 0.25) is 0 Å². The van der Waals surface area contributed by atoms with E-state index in [2.05, 4.69) is 10.3 Å². The van der Waals surface area contributed by atoms with E-state index in [-0.39, 0.29) is 11.7 Å². The molecule has 6 heteroatoms. The van der Waals surface area contributed by atoms with E-state index in [0.29, 0.717) is 13.2 Å². The molecule has 0 unspecified atom stereocenters. The first-order chi connectivity index (χ1) is 9.72. The number of hydrogen-bond acceptors (Lipinski definition) is 6. The van der Waals surface area contributed by atoms with Crippen LogP contribution in [0.4, 0.5) is 6.01 Å². The Morgan fingerprint density at radius 3 is 2.75 bits per heavy atom. The number of esters is 1. The lowest BCUT2D eigenvalue weighted by Crippen LogP contribution is -2.05. The average molecular weight is 276 g/mol. The number of rotatable bonds is 6. The molecule has 0 saturated heterocycles. The first kappa shape index (κ1) is 13.9. The fourth-order valence-electron chi connectivity index (χ4n) is 1.57. The summed E-state index contributed by atoms with van der Waals surface area (Å²) in [5, 5.41) is 2.99. The van der Waals surface area contributed by atoms with Crippen LogP contribution < -0.4 is 10.1 Å². The number of carbonyl (C=O) groups excluding carboxylic acids is 1. The Bertz CT molecular complexity index is 563. The van der Waals surface area contributed by atoms with Gasteiger partial charge in [0.1, 0.15) is 12.0 Å². The Kier molecular flexibility index (Phi) is 4.60. The molecule has 0 spiro atoms. The minimum Gasteiger partial charge on any atom is -0.497 e. The van der Waals surface area contributed by atoms with Crippen LogP contribution in [0.25, 0.3) is 0 Å². The smallest absolute Gasteiger partial charge is 0.360 e. The second-order valence-corrected chi connectivity index (χ2v) is 3.96. The molecule has 0 bridgehead atoms. The highest BCUT2D eigenvalue weighted by Gasteiger charge is 2.12. The number of methoxy groups -OCH3 is 1. The molecule has 0 aliphatic heterocycles. The van der Waals surface area contributed by atoms with Crippen LogP contribution in [-0.2, 0) is 11.3 Å². The highest BCUT2D eigenvalue weighted by molar-refractivity contribution is 5.87. The summed E-state index contributed by atoms with van der Waals surface area (Å²) in [6, 6.07) is 7.89. The van der Waals surface area contributed by atoms with E-state index in [1.807, 2.05) is 24.3 Å². The SMILES string of the molecule is CCOC(=O)c1coc(NCc2ccc(OC)cc2)n1. The maximum atomic E-state index is 11.4. The lowest BCUT2D eigenvalue weighted by molar-refractivity contribution is 0.0519. The van der Waals surface area contributed by atoms with Gasteiger partial charge in [0.25, 0.3) is 6.01 Å². The van der Waals surface area contributed by atoms with Gasteiger partial charge >= 0.3 is 5.97 Å². The van der Waals surface area contributed by atoms with E-state index in [1.165, 1.54) is 6.26 Å². The number of nitrogens with one attached hydrogen (secondary N) is 1. The number of ether oxygens (including phenoxy) is 2. The molecule has 0 aliphatic rings. The summed E-state index contributed by atoms with van der Waals surface area (Å²) in [4.78, 5) is 15.4. The number of benzene rings is 1. The van der Waals surface area contributed by atoms with Crippen LogP contribution in [0.15, 0.2) is 34.9 Å². The number of carbonyl (C=O) groups is 1. The van der Waals surface area contributed by atoms with Crippen molar-refractivity contribution in [2.45, 2.75) is 13.5 Å². The number of hydrogen-bond donors (Lipinski definition) is 1. The zero-order chi connectivity index (χ0) is 14.4. The summed E-state index contributed by atoms with van der Waals surface area (Å²) in [7, 11) is 1.62. The number of anilines is 1. The Hall–Kier alpha value is -2.50. The van der Waals surface area contributed by atoms with Crippen molar-refractivity contribution in [1.82, 2.24) is 4.98 Å². The van der Waals surface area contributed by atoms with Crippen molar-refractivity contribution in [3.63, 3.8) is 0 Å². The van der Waals surface area contributed by atoms with Gasteiger partial charge in [0, 0.05) is 6.54 Å². The summed E-state index contributed by atoms with van der Waals surface area (Å²) in [5.74, 6) is 0.309. The molecule has 20 heavy (non-hydrogen) atoms. The summed E-state index contributed by atoms with van der Waals surface area (Å²) < 4.78 is 15.1. The zero-order valence-corrected chi connectivity index (χ0v) is 11.4. The summed E-state index contributed by atoms with van der Waals surface area (Å²) >= 11 is 0. The summed E-state index contributed by atoms with van der Waals surface area (Å²) in [5.41, 5.74) is 1.20. The van der Waals surface area contributed by atoms with Crippen LogP contribution in [0.1, 0.15) is 23.0 Å². The molecule has 106 valence electrons. The largest absolute Gasteiger partial charge is 0.497 e. The predicted molar refractivity (Wildman–Crippen MR) is 72.8 cm³/mol. The van der Waals surface area contributed by atoms with Gasteiger partial charge in [-0.15, -0.1) is 0 Å². The quantitative estimate of drug-likeness (QED) is 0.817. The van der Waals surface area contributed by atoms with Gasteiger partial charge in [-0.1, -0.05) is 12.1 Å². The van der Waals surface area contributed by atoms with E-state index in [9.17, 15) is 4.79 Å². The van der Waals surface area contributed by atoms with Crippen molar-refractivity contribution in [3.05, 3.63) is 41.8 Å². The maximum Gasteiger partial charge on any atom is 0.360 e. The van der Waals surface area contributed by atoms with Gasteiger partial charge in [-0.25, -0.2) is 4.79 Å². The molecular weight excluding hydrogens is 260 g/mol. The highest BCUT2D eigenvalue weighted by atomic mass is 16.5. The molecule has 2 aromatic rings. The minimum atomic E-state index is -0.492. The Morgan fingerprint density at radius 2 is 2.10 bits per heavy atom. The maximum absolute atomic E-state index is 11.4. The zero-order valence-electron chi connectivity index (χ0n) is 11.4. The molecule has 0 aliphatic carbocycles. The fourth-order valence-corrected chi connectivity index (χ4v) is 1.57. The van der Waals surface area contributed by atoms with Crippen molar-refractivity contribution in [3.8, 4) is 5.75 Å². The summed E-state index contributed by atoms with van der Waals surface area (Å²) in [6.45, 7) is 2.58. The molecule has 0 amide bonds. The second-order valence-electron chi connectivity index (χ2n) is 3.96. The molecule has 6 nitrogen and oxygen atoms in total. The average Bonchev–Trinajstić information content (AvgIpc) is 2.95. The van der Waals surface area contributed by atoms with Gasteiger partial charge in [0.05, 0.1) is 13.7 Å². The van der Waals surface area contributed by atoms with Gasteiger partial charge in [0.15, 0.2) is 5.69 Å². The third-order valence-corrected chi connectivity index (χ3v) is 2.59. The van der Waals surface area contributed by atoms with E-state index in [0.717, 1.165) is 11.3 Å². The van der Waals surface area contributed by atoms with Gasteiger partial charge in [-0.2, -0.15) is 4.98 Å². The Morgan fingerprint density at radius 1 is 1.35 bits per heavy atom. The lowest BCUT2D eigenvalue weighted by Gasteiger charge is -2.03. The van der Waals surface area contributed by atoms with Gasteiger partial charge in [-0.3, -0.25) is 0 Å². The highest BCUT2D eigenvalue weighted by Crippen LogP contribution is 2.14. The summed E-state index contributed by atoms with van der Waals surface area (Å²) in [6.07, 6.45) is 1.27. The molecule has 1 heterocycles. The fraction of sp³-hybridized carbons (Fsp3) is 0.286. The Labute approximate surface area is 116 Å². The van der Waals surface area contributed by atoms with Crippen LogP contribution in [0, 0.1) is 0 Å².